The molecule has 0 radical (unpaired) electrons. The zero-order chi connectivity index (χ0) is 24.2. The van der Waals surface area contributed by atoms with Crippen LogP contribution < -0.4 is 14.4 Å². The molecule has 0 bridgehead atoms. The number of aromatic nitrogens is 2. The summed E-state index contributed by atoms with van der Waals surface area (Å²) in [6.07, 6.45) is 0.862. The maximum Gasteiger partial charge on any atom is 0.220 e. The van der Waals surface area contributed by atoms with Gasteiger partial charge in [-0.15, -0.1) is 0 Å². The van der Waals surface area contributed by atoms with Crippen LogP contribution in [0.4, 0.5) is 5.69 Å². The number of fused-ring (bicyclic) bond motifs is 1. The van der Waals surface area contributed by atoms with Crippen LogP contribution in [0.25, 0.3) is 11.0 Å². The van der Waals surface area contributed by atoms with Gasteiger partial charge in [0.25, 0.3) is 0 Å². The second-order valence-electron chi connectivity index (χ2n) is 8.15. The lowest BCUT2D eigenvalue weighted by atomic mass is 9.97. The number of amides is 1. The molecule has 9 heteroatoms. The Labute approximate surface area is 198 Å². The molecule has 3 aromatic rings. The lowest BCUT2D eigenvalue weighted by Crippen LogP contribution is -2.46. The predicted octanol–water partition coefficient (Wildman–Crippen LogP) is 3.37. The lowest BCUT2D eigenvalue weighted by Gasteiger charge is -2.33. The molecule has 1 aliphatic rings. The maximum absolute atomic E-state index is 13.5. The number of ether oxygens (including phenoxy) is 2. The molecule has 0 aliphatic carbocycles. The van der Waals surface area contributed by atoms with Crippen molar-refractivity contribution in [2.75, 3.05) is 39.4 Å². The molecule has 178 valence electrons. The molecule has 1 unspecified atom stereocenters. The number of amidine groups is 1. The number of benzene rings is 2. The highest BCUT2D eigenvalue weighted by Gasteiger charge is 2.35. The van der Waals surface area contributed by atoms with Gasteiger partial charge in [-0.3, -0.25) is 14.6 Å². The van der Waals surface area contributed by atoms with Crippen LogP contribution in [-0.2, 0) is 9.59 Å². The molecule has 2 aromatic carbocycles. The van der Waals surface area contributed by atoms with Gasteiger partial charge in [-0.05, 0) is 18.6 Å². The number of imidazole rings is 1. The van der Waals surface area contributed by atoms with E-state index in [1.54, 1.807) is 32.2 Å². The Bertz CT molecular complexity index is 1180. The highest BCUT2D eigenvalue weighted by molar-refractivity contribution is 6.15. The Kier molecular flexibility index (Phi) is 6.81. The van der Waals surface area contributed by atoms with E-state index in [2.05, 4.69) is 9.98 Å². The Hall–Kier alpha value is -3.88. The van der Waals surface area contributed by atoms with Crippen molar-refractivity contribution in [3.8, 4) is 11.5 Å². The highest BCUT2D eigenvalue weighted by atomic mass is 16.5. The Morgan fingerprint density at radius 2 is 1.85 bits per heavy atom. The van der Waals surface area contributed by atoms with Crippen LogP contribution >= 0.6 is 0 Å². The van der Waals surface area contributed by atoms with Crippen LogP contribution in [0, 0.1) is 0 Å². The third kappa shape index (κ3) is 4.59. The van der Waals surface area contributed by atoms with Crippen molar-refractivity contribution in [2.24, 2.45) is 4.99 Å². The summed E-state index contributed by atoms with van der Waals surface area (Å²) in [4.78, 5) is 42.2. The smallest absolute Gasteiger partial charge is 0.220 e. The number of hydrogen-bond acceptors (Lipinski definition) is 6. The third-order valence-electron chi connectivity index (χ3n) is 6.02. The molecule has 1 amide bonds. The molecule has 9 nitrogen and oxygen atoms in total. The van der Waals surface area contributed by atoms with E-state index < -0.39 is 5.92 Å². The summed E-state index contributed by atoms with van der Waals surface area (Å²) in [6, 6.07) is 13.1. The number of hydrogen-bond donors (Lipinski definition) is 1. The largest absolute Gasteiger partial charge is 0.497 e. The third-order valence-corrected chi connectivity index (χ3v) is 6.02. The zero-order valence-corrected chi connectivity index (χ0v) is 19.9. The summed E-state index contributed by atoms with van der Waals surface area (Å²) in [6.45, 7) is 2.22. The number of carbonyl (C=O) groups excluding carboxylic acids is 2. The number of aliphatic imine (C=N–C) groups is 1. The summed E-state index contributed by atoms with van der Waals surface area (Å²) >= 11 is 0. The minimum absolute atomic E-state index is 0.00933. The minimum atomic E-state index is -0.721. The van der Waals surface area contributed by atoms with Gasteiger partial charge < -0.3 is 24.3 Å². The molecule has 1 atom stereocenters. The first-order chi connectivity index (χ1) is 16.4. The van der Waals surface area contributed by atoms with Crippen LogP contribution in [0.3, 0.4) is 0 Å². The molecule has 1 saturated heterocycles. The molecule has 1 N–H and O–H groups in total. The van der Waals surface area contributed by atoms with Crippen molar-refractivity contribution in [3.63, 3.8) is 0 Å². The number of para-hydroxylation sites is 2. The van der Waals surface area contributed by atoms with Gasteiger partial charge in [0, 0.05) is 45.1 Å². The van der Waals surface area contributed by atoms with Gasteiger partial charge >= 0.3 is 0 Å². The Balaban J connectivity index is 1.89. The fourth-order valence-electron chi connectivity index (χ4n) is 4.26. The van der Waals surface area contributed by atoms with Gasteiger partial charge in [0.05, 0.1) is 37.6 Å². The standard InChI is InChI=1S/C25H29N5O4/c1-16(31)29-11-7-10-22(32)23(24-27-20-8-5-6-9-21(20)28-24)25(26-2)30(15-29)17-12-18(33-3)14-19(13-17)34-4/h5-6,8-9,12-14,23H,7,10-11,15H2,1-4H3,(H,27,28). The van der Waals surface area contributed by atoms with Crippen LogP contribution in [0.1, 0.15) is 31.5 Å². The molecule has 0 saturated carbocycles. The second kappa shape index (κ2) is 9.94. The number of methoxy groups -OCH3 is 2. The van der Waals surface area contributed by atoms with E-state index in [1.165, 1.54) is 6.92 Å². The summed E-state index contributed by atoms with van der Waals surface area (Å²) < 4.78 is 10.9. The normalized spacial score (nSPS) is 18.5. The van der Waals surface area contributed by atoms with E-state index in [-0.39, 0.29) is 18.4 Å². The van der Waals surface area contributed by atoms with E-state index >= 15 is 0 Å². The number of carbonyl (C=O) groups is 2. The zero-order valence-electron chi connectivity index (χ0n) is 19.9. The number of ketones is 1. The van der Waals surface area contributed by atoms with E-state index in [4.69, 9.17) is 14.5 Å². The number of nitrogens with zero attached hydrogens (tertiary/aromatic N) is 4. The quantitative estimate of drug-likeness (QED) is 0.637. The Morgan fingerprint density at radius 3 is 2.47 bits per heavy atom. The molecule has 34 heavy (non-hydrogen) atoms. The van der Waals surface area contributed by atoms with Crippen molar-refractivity contribution in [1.29, 1.82) is 0 Å². The molecule has 1 aromatic heterocycles. The number of nitrogens with one attached hydrogen (secondary N) is 1. The van der Waals surface area contributed by atoms with E-state index in [1.807, 2.05) is 41.3 Å². The van der Waals surface area contributed by atoms with E-state index in [0.717, 1.165) is 11.0 Å². The average molecular weight is 464 g/mol. The summed E-state index contributed by atoms with van der Waals surface area (Å²) in [5.74, 6) is 1.39. The molecule has 0 spiro atoms. The molecule has 4 rings (SSSR count). The van der Waals surface area contributed by atoms with Gasteiger partial charge in [0.1, 0.15) is 29.1 Å². The predicted molar refractivity (Wildman–Crippen MR) is 131 cm³/mol. The first kappa shape index (κ1) is 23.3. The highest BCUT2D eigenvalue weighted by Crippen LogP contribution is 2.33. The van der Waals surface area contributed by atoms with Crippen LogP contribution in [0.15, 0.2) is 47.5 Å². The van der Waals surface area contributed by atoms with Crippen LogP contribution in [0.5, 0.6) is 11.5 Å². The first-order valence-electron chi connectivity index (χ1n) is 11.1. The topological polar surface area (TPSA) is 100 Å². The van der Waals surface area contributed by atoms with Gasteiger partial charge in [-0.2, -0.15) is 0 Å². The maximum atomic E-state index is 13.5. The van der Waals surface area contributed by atoms with Crippen LogP contribution in [-0.4, -0.2) is 66.9 Å². The van der Waals surface area contributed by atoms with E-state index in [9.17, 15) is 9.59 Å². The van der Waals surface area contributed by atoms with Crippen molar-refractivity contribution < 1.29 is 19.1 Å². The molecule has 1 fully saturated rings. The van der Waals surface area contributed by atoms with Crippen molar-refractivity contribution in [3.05, 3.63) is 48.3 Å². The van der Waals surface area contributed by atoms with Gasteiger partial charge in [-0.25, -0.2) is 4.98 Å². The number of Topliss-reactive ketones (excluding diaryl/α,β-unsaturated/α-hetero) is 1. The number of anilines is 1. The summed E-state index contributed by atoms with van der Waals surface area (Å²) in [7, 11) is 4.81. The molecular formula is C25H29N5O4. The fraction of sp³-hybridized carbons (Fsp3) is 0.360. The van der Waals surface area contributed by atoms with Gasteiger partial charge in [0.15, 0.2) is 5.78 Å². The molecule has 1 aliphatic heterocycles. The minimum Gasteiger partial charge on any atom is -0.497 e. The second-order valence-corrected chi connectivity index (χ2v) is 8.15. The van der Waals surface area contributed by atoms with Crippen LogP contribution in [0.2, 0.25) is 0 Å². The molecular weight excluding hydrogens is 434 g/mol. The summed E-state index contributed by atoms with van der Waals surface area (Å²) in [5.41, 5.74) is 2.32. The van der Waals surface area contributed by atoms with Crippen molar-refractivity contribution in [2.45, 2.75) is 25.7 Å². The monoisotopic (exact) mass is 463 g/mol. The number of H-pyrrole nitrogens is 1. The van der Waals surface area contributed by atoms with Crippen molar-refractivity contribution in [1.82, 2.24) is 14.9 Å². The summed E-state index contributed by atoms with van der Waals surface area (Å²) in [5, 5.41) is 0. The first-order valence-corrected chi connectivity index (χ1v) is 11.1. The van der Waals surface area contributed by atoms with Gasteiger partial charge in [-0.1, -0.05) is 12.1 Å². The lowest BCUT2D eigenvalue weighted by molar-refractivity contribution is -0.129. The molecule has 2 heterocycles. The van der Waals surface area contributed by atoms with Gasteiger partial charge in [0.2, 0.25) is 5.91 Å². The SMILES string of the molecule is CN=C1C(c2nc3ccccc3[nH]2)C(=O)CCCN(C(C)=O)CN1c1cc(OC)cc(OC)c1. The van der Waals surface area contributed by atoms with Crippen molar-refractivity contribution >= 4 is 34.2 Å². The fourth-order valence-corrected chi connectivity index (χ4v) is 4.26. The Morgan fingerprint density at radius 1 is 1.15 bits per heavy atom. The van der Waals surface area contributed by atoms with E-state index in [0.29, 0.717) is 48.2 Å². The number of aromatic amines is 1. The number of rotatable bonds is 4. The average Bonchev–Trinajstić information content (AvgIpc) is 3.29.